The van der Waals surface area contributed by atoms with Crippen molar-refractivity contribution in [2.75, 3.05) is 5.32 Å². The van der Waals surface area contributed by atoms with Crippen molar-refractivity contribution in [3.63, 3.8) is 0 Å². The van der Waals surface area contributed by atoms with Gasteiger partial charge in [0, 0.05) is 5.69 Å². The maximum atomic E-state index is 12.6. The van der Waals surface area contributed by atoms with E-state index in [0.29, 0.717) is 22.2 Å². The lowest BCUT2D eigenvalue weighted by molar-refractivity contribution is -0.120. The van der Waals surface area contributed by atoms with Crippen molar-refractivity contribution >= 4 is 23.2 Å². The molecule has 0 fully saturated rings. The molecule has 134 valence electrons. The van der Waals surface area contributed by atoms with Gasteiger partial charge in [0.1, 0.15) is 30.2 Å². The van der Waals surface area contributed by atoms with Gasteiger partial charge in [-0.15, -0.1) is 0 Å². The Morgan fingerprint density at radius 2 is 1.88 bits per heavy atom. The minimum Gasteiger partial charge on any atom is -0.456 e. The summed E-state index contributed by atoms with van der Waals surface area (Å²) in [5.74, 6) is 1.13. The Bertz CT molecular complexity index is 864. The molecule has 0 aliphatic carbocycles. The molecule has 1 atom stereocenters. The molecule has 1 N–H and O–H groups in total. The van der Waals surface area contributed by atoms with E-state index < -0.39 is 6.04 Å². The fraction of sp³-hybridized carbons (Fsp3) is 0.211. The highest BCUT2D eigenvalue weighted by Crippen LogP contribution is 2.29. The number of ether oxygens (including phenoxy) is 1. The Balaban J connectivity index is 1.69. The normalized spacial score (nSPS) is 12.0. The first kappa shape index (κ1) is 17.9. The Morgan fingerprint density at radius 1 is 1.15 bits per heavy atom. The molecule has 0 saturated heterocycles. The van der Waals surface area contributed by atoms with Gasteiger partial charge in [-0.1, -0.05) is 37.6 Å². The number of hydrogen-bond acceptors (Lipinski definition) is 4. The van der Waals surface area contributed by atoms with Gasteiger partial charge in [0.05, 0.1) is 5.02 Å². The summed E-state index contributed by atoms with van der Waals surface area (Å²) in [7, 11) is 0. The van der Waals surface area contributed by atoms with Gasteiger partial charge in [0.15, 0.2) is 0 Å². The van der Waals surface area contributed by atoms with Gasteiger partial charge in [-0.05, 0) is 42.3 Å². The minimum absolute atomic E-state index is 0.0690. The van der Waals surface area contributed by atoms with Gasteiger partial charge >= 0.3 is 0 Å². The summed E-state index contributed by atoms with van der Waals surface area (Å²) in [6, 6.07) is 13.9. The zero-order valence-electron chi connectivity index (χ0n) is 14.5. The molecular formula is C19H19ClN4O2. The summed E-state index contributed by atoms with van der Waals surface area (Å²) < 4.78 is 7.31. The van der Waals surface area contributed by atoms with E-state index in [-0.39, 0.29) is 11.8 Å². The quantitative estimate of drug-likeness (QED) is 0.690. The first-order chi connectivity index (χ1) is 12.5. The lowest BCUT2D eigenvalue weighted by Crippen LogP contribution is -2.30. The smallest absolute Gasteiger partial charge is 0.249 e. The van der Waals surface area contributed by atoms with Gasteiger partial charge in [-0.25, -0.2) is 9.67 Å². The van der Waals surface area contributed by atoms with Crippen LogP contribution in [-0.4, -0.2) is 20.7 Å². The topological polar surface area (TPSA) is 69.0 Å². The molecule has 0 radical (unpaired) electrons. The van der Waals surface area contributed by atoms with Crippen LogP contribution in [0, 0.1) is 5.92 Å². The molecule has 0 bridgehead atoms. The number of hydrogen-bond donors (Lipinski definition) is 1. The van der Waals surface area contributed by atoms with Gasteiger partial charge < -0.3 is 10.1 Å². The lowest BCUT2D eigenvalue weighted by atomic mass is 10.0. The molecule has 6 nitrogen and oxygen atoms in total. The number of carbonyl (C=O) groups is 1. The predicted molar refractivity (Wildman–Crippen MR) is 100 cm³/mol. The van der Waals surface area contributed by atoms with Crippen molar-refractivity contribution in [1.29, 1.82) is 0 Å². The van der Waals surface area contributed by atoms with Crippen LogP contribution in [0.5, 0.6) is 11.5 Å². The van der Waals surface area contributed by atoms with Gasteiger partial charge in [0.2, 0.25) is 5.91 Å². The largest absolute Gasteiger partial charge is 0.456 e. The second-order valence-electron chi connectivity index (χ2n) is 6.11. The second-order valence-corrected chi connectivity index (χ2v) is 6.52. The number of benzene rings is 2. The highest BCUT2D eigenvalue weighted by molar-refractivity contribution is 6.32. The number of rotatable bonds is 6. The fourth-order valence-corrected chi connectivity index (χ4v) is 2.74. The maximum Gasteiger partial charge on any atom is 0.249 e. The van der Waals surface area contributed by atoms with Crippen LogP contribution in [0.15, 0.2) is 61.2 Å². The summed E-state index contributed by atoms with van der Waals surface area (Å²) in [4.78, 5) is 16.5. The molecule has 0 spiro atoms. The number of nitrogens with zero attached hydrogens (tertiary/aromatic N) is 3. The van der Waals surface area contributed by atoms with Crippen LogP contribution < -0.4 is 10.1 Å². The zero-order valence-corrected chi connectivity index (χ0v) is 15.2. The van der Waals surface area contributed by atoms with Crippen molar-refractivity contribution in [1.82, 2.24) is 14.8 Å². The third kappa shape index (κ3) is 4.21. The standard InChI is InChI=1S/C19H19ClN4O2/c1-13(2)18(24-12-21-11-22-24)19(25)23-14-7-9-15(10-8-14)26-17-6-4-3-5-16(17)20/h3-13,18H,1-2H3,(H,23,25). The van der Waals surface area contributed by atoms with Crippen molar-refractivity contribution in [2.45, 2.75) is 19.9 Å². The van der Waals surface area contributed by atoms with E-state index in [1.165, 1.54) is 6.33 Å². The Kier molecular flexibility index (Phi) is 5.53. The molecule has 7 heteroatoms. The SMILES string of the molecule is CC(C)C(C(=O)Nc1ccc(Oc2ccccc2Cl)cc1)n1cncn1. The number of nitrogens with one attached hydrogen (secondary N) is 1. The Labute approximate surface area is 156 Å². The van der Waals surface area contributed by atoms with E-state index >= 15 is 0 Å². The van der Waals surface area contributed by atoms with Gasteiger partial charge in [-0.2, -0.15) is 5.10 Å². The molecule has 0 saturated carbocycles. The highest BCUT2D eigenvalue weighted by atomic mass is 35.5. The zero-order chi connectivity index (χ0) is 18.5. The van der Waals surface area contributed by atoms with Crippen molar-refractivity contribution in [2.24, 2.45) is 5.92 Å². The molecule has 2 aromatic carbocycles. The van der Waals surface area contributed by atoms with E-state index in [2.05, 4.69) is 15.4 Å². The second kappa shape index (κ2) is 8.01. The molecule has 3 aromatic rings. The average Bonchev–Trinajstić information content (AvgIpc) is 3.12. The maximum absolute atomic E-state index is 12.6. The number of halogens is 1. The molecule has 1 heterocycles. The van der Waals surface area contributed by atoms with Crippen molar-refractivity contribution in [3.05, 3.63) is 66.2 Å². The van der Waals surface area contributed by atoms with Crippen LogP contribution in [-0.2, 0) is 4.79 Å². The number of aromatic nitrogens is 3. The minimum atomic E-state index is -0.434. The summed E-state index contributed by atoms with van der Waals surface area (Å²) in [5.41, 5.74) is 0.673. The number of amides is 1. The molecule has 0 aliphatic heterocycles. The third-order valence-electron chi connectivity index (χ3n) is 3.81. The molecule has 1 unspecified atom stereocenters. The summed E-state index contributed by atoms with van der Waals surface area (Å²) in [6.07, 6.45) is 2.97. The number of para-hydroxylation sites is 1. The van der Waals surface area contributed by atoms with E-state index in [0.717, 1.165) is 0 Å². The van der Waals surface area contributed by atoms with Crippen LogP contribution in [0.1, 0.15) is 19.9 Å². The van der Waals surface area contributed by atoms with E-state index in [9.17, 15) is 4.79 Å². The Hall–Kier alpha value is -2.86. The number of carbonyl (C=O) groups excluding carboxylic acids is 1. The number of anilines is 1. The predicted octanol–water partition coefficient (Wildman–Crippen LogP) is 4.56. The van der Waals surface area contributed by atoms with E-state index in [4.69, 9.17) is 16.3 Å². The molecular weight excluding hydrogens is 352 g/mol. The van der Waals surface area contributed by atoms with Crippen LogP contribution in [0.2, 0.25) is 5.02 Å². The highest BCUT2D eigenvalue weighted by Gasteiger charge is 2.24. The summed E-state index contributed by atoms with van der Waals surface area (Å²) in [6.45, 7) is 3.93. The first-order valence-electron chi connectivity index (χ1n) is 8.22. The van der Waals surface area contributed by atoms with Gasteiger partial charge in [0.25, 0.3) is 0 Å². The third-order valence-corrected chi connectivity index (χ3v) is 4.12. The first-order valence-corrected chi connectivity index (χ1v) is 8.60. The molecule has 1 amide bonds. The lowest BCUT2D eigenvalue weighted by Gasteiger charge is -2.20. The summed E-state index contributed by atoms with van der Waals surface area (Å²) >= 11 is 6.09. The molecule has 1 aromatic heterocycles. The summed E-state index contributed by atoms with van der Waals surface area (Å²) in [5, 5.41) is 7.53. The molecule has 26 heavy (non-hydrogen) atoms. The van der Waals surface area contributed by atoms with E-state index in [1.54, 1.807) is 47.4 Å². The van der Waals surface area contributed by atoms with Gasteiger partial charge in [-0.3, -0.25) is 4.79 Å². The van der Waals surface area contributed by atoms with Crippen molar-refractivity contribution < 1.29 is 9.53 Å². The van der Waals surface area contributed by atoms with Crippen LogP contribution >= 0.6 is 11.6 Å². The molecule has 3 rings (SSSR count). The molecule has 0 aliphatic rings. The monoisotopic (exact) mass is 370 g/mol. The Morgan fingerprint density at radius 3 is 2.50 bits per heavy atom. The van der Waals surface area contributed by atoms with Crippen LogP contribution in [0.25, 0.3) is 0 Å². The van der Waals surface area contributed by atoms with Crippen molar-refractivity contribution in [3.8, 4) is 11.5 Å². The van der Waals surface area contributed by atoms with Crippen LogP contribution in [0.3, 0.4) is 0 Å². The van der Waals surface area contributed by atoms with Crippen LogP contribution in [0.4, 0.5) is 5.69 Å². The fourth-order valence-electron chi connectivity index (χ4n) is 2.57. The van der Waals surface area contributed by atoms with E-state index in [1.807, 2.05) is 26.0 Å². The average molecular weight is 371 g/mol.